The van der Waals surface area contributed by atoms with Crippen LogP contribution in [0.25, 0.3) is 0 Å². The third kappa shape index (κ3) is 2.44. The molecule has 0 fully saturated rings. The molecule has 1 aliphatic heterocycles. The van der Waals surface area contributed by atoms with E-state index < -0.39 is 18.4 Å². The van der Waals surface area contributed by atoms with E-state index in [-0.39, 0.29) is 0 Å². The molecule has 0 amide bonds. The fourth-order valence-electron chi connectivity index (χ4n) is 1.59. The molecule has 1 heterocycles. The number of benzene rings is 1. The first-order valence-electron chi connectivity index (χ1n) is 4.68. The second-order valence-electron chi connectivity index (χ2n) is 3.47. The minimum Gasteiger partial charge on any atom is -0.436 e. The summed E-state index contributed by atoms with van der Waals surface area (Å²) >= 11 is 3.28. The van der Waals surface area contributed by atoms with Crippen LogP contribution in [0.2, 0.25) is 0 Å². The summed E-state index contributed by atoms with van der Waals surface area (Å²) in [6.07, 6.45) is -6.02. The monoisotopic (exact) mass is 309 g/mol. The largest absolute Gasteiger partial charge is 0.490 e. The average molecular weight is 310 g/mol. The Morgan fingerprint density at radius 2 is 2.18 bits per heavy atom. The van der Waals surface area contributed by atoms with Crippen LogP contribution in [-0.4, -0.2) is 12.1 Å². The lowest BCUT2D eigenvalue weighted by Gasteiger charge is -2.14. The molecule has 0 aliphatic carbocycles. The fraction of sp³-hybridized carbons (Fsp3) is 0.300. The molecule has 0 spiro atoms. The topological polar surface area (TPSA) is 38.3 Å². The number of fused-ring (bicyclic) bond motifs is 1. The normalized spacial score (nSPS) is 18.9. The number of alkyl halides is 3. The van der Waals surface area contributed by atoms with E-state index >= 15 is 0 Å². The van der Waals surface area contributed by atoms with Gasteiger partial charge in [0.15, 0.2) is 6.23 Å². The van der Waals surface area contributed by atoms with Gasteiger partial charge in [-0.25, -0.2) is 4.79 Å². The van der Waals surface area contributed by atoms with Gasteiger partial charge in [-0.1, -0.05) is 28.1 Å². The smallest absolute Gasteiger partial charge is 0.436 e. The molecule has 0 saturated carbocycles. The molecule has 1 aromatic carbocycles. The summed E-state index contributed by atoms with van der Waals surface area (Å²) in [6, 6.07) is 5.06. The molecule has 7 heteroatoms. The summed E-state index contributed by atoms with van der Waals surface area (Å²) in [4.78, 5) is 10.7. The first kappa shape index (κ1) is 12.4. The van der Waals surface area contributed by atoms with E-state index in [0.717, 1.165) is 10.0 Å². The highest BCUT2D eigenvalue weighted by molar-refractivity contribution is 9.10. The van der Waals surface area contributed by atoms with Gasteiger partial charge < -0.3 is 4.74 Å². The zero-order valence-corrected chi connectivity index (χ0v) is 9.93. The second kappa shape index (κ2) is 4.30. The predicted molar refractivity (Wildman–Crippen MR) is 55.9 cm³/mol. The van der Waals surface area contributed by atoms with E-state index in [9.17, 15) is 18.0 Å². The number of nitrogens with one attached hydrogen (secondary N) is 1. The van der Waals surface area contributed by atoms with Crippen LogP contribution in [0.4, 0.5) is 13.2 Å². The maximum atomic E-state index is 12.0. The van der Waals surface area contributed by atoms with Gasteiger partial charge >= 0.3 is 12.1 Å². The van der Waals surface area contributed by atoms with Crippen LogP contribution < -0.4 is 5.32 Å². The van der Waals surface area contributed by atoms with Gasteiger partial charge in [-0.2, -0.15) is 13.2 Å². The summed E-state index contributed by atoms with van der Waals surface area (Å²) < 4.78 is 41.3. The van der Waals surface area contributed by atoms with Crippen LogP contribution >= 0.6 is 15.9 Å². The summed E-state index contributed by atoms with van der Waals surface area (Å²) in [5.41, 5.74) is 1.34. The highest BCUT2D eigenvalue weighted by Crippen LogP contribution is 2.32. The predicted octanol–water partition coefficient (Wildman–Crippen LogP) is 2.66. The van der Waals surface area contributed by atoms with Crippen molar-refractivity contribution < 1.29 is 22.7 Å². The average Bonchev–Trinajstić information content (AvgIpc) is 2.62. The number of esters is 1. The maximum Gasteiger partial charge on any atom is 0.490 e. The maximum absolute atomic E-state index is 12.0. The molecule has 1 N–H and O–H groups in total. The Morgan fingerprint density at radius 1 is 1.47 bits per heavy atom. The third-order valence-electron chi connectivity index (χ3n) is 2.36. The van der Waals surface area contributed by atoms with Crippen LogP contribution in [0.5, 0.6) is 0 Å². The van der Waals surface area contributed by atoms with Gasteiger partial charge in [0.1, 0.15) is 0 Å². The van der Waals surface area contributed by atoms with Crippen molar-refractivity contribution in [3.8, 4) is 0 Å². The summed E-state index contributed by atoms with van der Waals surface area (Å²) in [5, 5.41) is 2.69. The minimum atomic E-state index is -4.98. The highest BCUT2D eigenvalue weighted by Gasteiger charge is 2.43. The van der Waals surface area contributed by atoms with Crippen molar-refractivity contribution in [1.29, 1.82) is 0 Å². The molecule has 0 radical (unpaired) electrons. The first-order valence-corrected chi connectivity index (χ1v) is 5.47. The number of ether oxygens (including phenoxy) is 1. The van der Waals surface area contributed by atoms with E-state index in [1.54, 1.807) is 18.2 Å². The van der Waals surface area contributed by atoms with Crippen molar-refractivity contribution in [3.05, 3.63) is 33.8 Å². The Bertz CT molecular complexity index is 461. The van der Waals surface area contributed by atoms with Gasteiger partial charge in [-0.3, -0.25) is 5.32 Å². The summed E-state index contributed by atoms with van der Waals surface area (Å²) in [7, 11) is 0. The number of hydrogen-bond donors (Lipinski definition) is 1. The van der Waals surface area contributed by atoms with Crippen LogP contribution in [0, 0.1) is 0 Å². The van der Waals surface area contributed by atoms with Gasteiger partial charge in [-0.05, 0) is 11.6 Å². The lowest BCUT2D eigenvalue weighted by Crippen LogP contribution is -2.30. The van der Waals surface area contributed by atoms with Gasteiger partial charge in [0.2, 0.25) is 0 Å². The number of halogens is 4. The molecular weight excluding hydrogens is 303 g/mol. The number of rotatable bonds is 1. The molecule has 17 heavy (non-hydrogen) atoms. The Hall–Kier alpha value is -1.08. The Morgan fingerprint density at radius 3 is 2.82 bits per heavy atom. The Kier molecular flexibility index (Phi) is 3.13. The van der Waals surface area contributed by atoms with E-state index in [2.05, 4.69) is 26.0 Å². The quantitative estimate of drug-likeness (QED) is 0.811. The van der Waals surface area contributed by atoms with E-state index in [1.807, 2.05) is 0 Å². The van der Waals surface area contributed by atoms with Crippen molar-refractivity contribution >= 4 is 21.9 Å². The number of hydrogen-bond acceptors (Lipinski definition) is 3. The first-order chi connectivity index (χ1) is 7.89. The number of carbonyl (C=O) groups excluding carboxylic acids is 1. The zero-order valence-electron chi connectivity index (χ0n) is 8.34. The molecule has 92 valence electrons. The SMILES string of the molecule is O=C(OC1NCc2c(Br)cccc21)C(F)(F)F. The van der Waals surface area contributed by atoms with Crippen molar-refractivity contribution in [3.63, 3.8) is 0 Å². The van der Waals surface area contributed by atoms with Crippen LogP contribution in [0.1, 0.15) is 17.4 Å². The molecule has 0 bridgehead atoms. The lowest BCUT2D eigenvalue weighted by atomic mass is 10.1. The Balaban J connectivity index is 2.18. The van der Waals surface area contributed by atoms with Crippen LogP contribution in [0.3, 0.4) is 0 Å². The molecular formula is C10H7BrF3NO2. The molecule has 1 unspecified atom stereocenters. The van der Waals surface area contributed by atoms with E-state index in [4.69, 9.17) is 0 Å². The number of carbonyl (C=O) groups is 1. The lowest BCUT2D eigenvalue weighted by molar-refractivity contribution is -0.206. The second-order valence-corrected chi connectivity index (χ2v) is 4.33. The van der Waals surface area contributed by atoms with Gasteiger partial charge in [0.25, 0.3) is 0 Å². The molecule has 1 aliphatic rings. The van der Waals surface area contributed by atoms with Crippen molar-refractivity contribution in [2.75, 3.05) is 0 Å². The summed E-state index contributed by atoms with van der Waals surface area (Å²) in [5.74, 6) is -2.19. The van der Waals surface area contributed by atoms with Crippen LogP contribution in [0.15, 0.2) is 22.7 Å². The fourth-order valence-corrected chi connectivity index (χ4v) is 2.11. The standard InChI is InChI=1S/C10H7BrF3NO2/c11-7-3-1-2-5-6(7)4-15-8(5)17-9(16)10(12,13)14/h1-3,8,15H,4H2. The van der Waals surface area contributed by atoms with Crippen molar-refractivity contribution in [2.45, 2.75) is 18.9 Å². The molecule has 1 aromatic rings. The molecule has 3 nitrogen and oxygen atoms in total. The zero-order chi connectivity index (χ0) is 12.6. The molecule has 0 aromatic heterocycles. The van der Waals surface area contributed by atoms with Crippen LogP contribution in [-0.2, 0) is 16.1 Å². The Labute approximate surface area is 103 Å². The highest BCUT2D eigenvalue weighted by atomic mass is 79.9. The van der Waals surface area contributed by atoms with Crippen molar-refractivity contribution in [1.82, 2.24) is 5.32 Å². The molecule has 0 saturated heterocycles. The van der Waals surface area contributed by atoms with Gasteiger partial charge in [-0.15, -0.1) is 0 Å². The molecule has 1 atom stereocenters. The minimum absolute atomic E-state index is 0.354. The van der Waals surface area contributed by atoms with E-state index in [1.165, 1.54) is 0 Å². The van der Waals surface area contributed by atoms with Crippen molar-refractivity contribution in [2.24, 2.45) is 0 Å². The third-order valence-corrected chi connectivity index (χ3v) is 3.10. The van der Waals surface area contributed by atoms with Gasteiger partial charge in [0, 0.05) is 16.6 Å². The van der Waals surface area contributed by atoms with E-state index in [0.29, 0.717) is 12.1 Å². The van der Waals surface area contributed by atoms with Gasteiger partial charge in [0.05, 0.1) is 0 Å². The molecule has 2 rings (SSSR count). The summed E-state index contributed by atoms with van der Waals surface area (Å²) in [6.45, 7) is 0.354.